The van der Waals surface area contributed by atoms with E-state index < -0.39 is 0 Å². The molecule has 4 heteroatoms. The summed E-state index contributed by atoms with van der Waals surface area (Å²) in [6.45, 7) is 3.90. The molecule has 2 nitrogen and oxygen atoms in total. The van der Waals surface area contributed by atoms with Crippen LogP contribution in [0.15, 0.2) is 11.4 Å². The first-order valence-corrected chi connectivity index (χ1v) is 7.91. The second-order valence-corrected chi connectivity index (χ2v) is 6.96. The number of thiazole rings is 1. The minimum Gasteiger partial charge on any atom is -0.293 e. The predicted molar refractivity (Wildman–Crippen MR) is 75.9 cm³/mol. The monoisotopic (exact) mass is 277 g/mol. The van der Waals surface area contributed by atoms with E-state index in [1.54, 1.807) is 11.3 Å². The van der Waals surface area contributed by atoms with Crippen molar-refractivity contribution in [2.75, 3.05) is 0 Å². The molecular formula is C14H15NOS2. The average molecular weight is 277 g/mol. The third-order valence-electron chi connectivity index (χ3n) is 3.50. The standard InChI is InChI=1S/C14H15NOS2/c1-8-14(18-9(2)15-8)13(16)11-4-3-5-12-10(11)6-7-17-12/h6-7,11H,3-5H2,1-2H3. The lowest BCUT2D eigenvalue weighted by atomic mass is 9.84. The van der Waals surface area contributed by atoms with Gasteiger partial charge in [-0.2, -0.15) is 0 Å². The molecule has 0 N–H and O–H groups in total. The number of Topliss-reactive ketones (excluding diaryl/α,β-unsaturated/α-hetero) is 1. The first-order valence-electron chi connectivity index (χ1n) is 6.21. The molecule has 0 saturated carbocycles. The van der Waals surface area contributed by atoms with Crippen LogP contribution < -0.4 is 0 Å². The second kappa shape index (κ2) is 4.59. The zero-order chi connectivity index (χ0) is 12.7. The van der Waals surface area contributed by atoms with E-state index in [0.717, 1.165) is 34.8 Å². The van der Waals surface area contributed by atoms with Gasteiger partial charge in [0.25, 0.3) is 0 Å². The van der Waals surface area contributed by atoms with Gasteiger partial charge in [-0.05, 0) is 50.1 Å². The van der Waals surface area contributed by atoms with Crippen LogP contribution in [0.1, 0.15) is 49.6 Å². The smallest absolute Gasteiger partial charge is 0.182 e. The van der Waals surface area contributed by atoms with Gasteiger partial charge in [-0.3, -0.25) is 4.79 Å². The summed E-state index contributed by atoms with van der Waals surface area (Å²) in [5.41, 5.74) is 2.16. The van der Waals surface area contributed by atoms with Crippen molar-refractivity contribution in [1.29, 1.82) is 0 Å². The molecule has 0 amide bonds. The van der Waals surface area contributed by atoms with Gasteiger partial charge >= 0.3 is 0 Å². The molecule has 3 rings (SSSR count). The molecule has 18 heavy (non-hydrogen) atoms. The molecule has 0 bridgehead atoms. The number of aromatic nitrogens is 1. The highest BCUT2D eigenvalue weighted by molar-refractivity contribution is 7.13. The number of fused-ring (bicyclic) bond motifs is 1. The Hall–Kier alpha value is -1.00. The maximum atomic E-state index is 12.7. The molecule has 2 heterocycles. The molecule has 0 aromatic carbocycles. The summed E-state index contributed by atoms with van der Waals surface area (Å²) in [5, 5.41) is 3.10. The molecule has 2 aromatic heterocycles. The summed E-state index contributed by atoms with van der Waals surface area (Å²) >= 11 is 3.32. The van der Waals surface area contributed by atoms with Crippen molar-refractivity contribution in [2.24, 2.45) is 0 Å². The van der Waals surface area contributed by atoms with Crippen LogP contribution in [0.3, 0.4) is 0 Å². The predicted octanol–water partition coefficient (Wildman–Crippen LogP) is 4.12. The Bertz CT molecular complexity index is 597. The first-order chi connectivity index (χ1) is 8.66. The third kappa shape index (κ3) is 1.93. The van der Waals surface area contributed by atoms with Gasteiger partial charge < -0.3 is 0 Å². The fourth-order valence-corrected chi connectivity index (χ4v) is 4.58. The quantitative estimate of drug-likeness (QED) is 0.773. The van der Waals surface area contributed by atoms with Crippen LogP contribution in [-0.2, 0) is 6.42 Å². The van der Waals surface area contributed by atoms with E-state index in [1.165, 1.54) is 21.8 Å². The number of carbonyl (C=O) groups excluding carboxylic acids is 1. The van der Waals surface area contributed by atoms with Crippen molar-refractivity contribution >= 4 is 28.5 Å². The van der Waals surface area contributed by atoms with Crippen molar-refractivity contribution < 1.29 is 4.79 Å². The van der Waals surface area contributed by atoms with Gasteiger partial charge in [-0.15, -0.1) is 22.7 Å². The van der Waals surface area contributed by atoms with Crippen LogP contribution in [0.25, 0.3) is 0 Å². The number of ketones is 1. The molecule has 1 aliphatic carbocycles. The summed E-state index contributed by atoms with van der Waals surface area (Å²) in [7, 11) is 0. The molecule has 2 aromatic rings. The Labute approximate surface area is 115 Å². The highest BCUT2D eigenvalue weighted by Crippen LogP contribution is 2.38. The van der Waals surface area contributed by atoms with Gasteiger partial charge in [0, 0.05) is 10.8 Å². The van der Waals surface area contributed by atoms with Crippen LogP contribution in [-0.4, -0.2) is 10.8 Å². The lowest BCUT2D eigenvalue weighted by Crippen LogP contribution is -2.17. The van der Waals surface area contributed by atoms with Gasteiger partial charge in [-0.1, -0.05) is 0 Å². The summed E-state index contributed by atoms with van der Waals surface area (Å²) in [6.07, 6.45) is 3.25. The van der Waals surface area contributed by atoms with Crippen molar-refractivity contribution in [3.63, 3.8) is 0 Å². The lowest BCUT2D eigenvalue weighted by Gasteiger charge is -2.20. The number of hydrogen-bond donors (Lipinski definition) is 0. The van der Waals surface area contributed by atoms with Crippen molar-refractivity contribution in [2.45, 2.75) is 39.0 Å². The van der Waals surface area contributed by atoms with Crippen molar-refractivity contribution in [1.82, 2.24) is 4.98 Å². The van der Waals surface area contributed by atoms with Crippen molar-refractivity contribution in [3.8, 4) is 0 Å². The highest BCUT2D eigenvalue weighted by Gasteiger charge is 2.30. The molecule has 0 spiro atoms. The molecular weight excluding hydrogens is 262 g/mol. The minimum absolute atomic E-state index is 0.0681. The number of nitrogens with zero attached hydrogens (tertiary/aromatic N) is 1. The van der Waals surface area contributed by atoms with Crippen LogP contribution in [0.2, 0.25) is 0 Å². The fraction of sp³-hybridized carbons (Fsp3) is 0.429. The van der Waals surface area contributed by atoms with Crippen LogP contribution in [0, 0.1) is 13.8 Å². The molecule has 1 atom stereocenters. The SMILES string of the molecule is Cc1nc(C)c(C(=O)C2CCCc3sccc32)s1. The molecule has 1 aliphatic rings. The van der Waals surface area contributed by atoms with Crippen LogP contribution >= 0.6 is 22.7 Å². The summed E-state index contributed by atoms with van der Waals surface area (Å²) in [4.78, 5) is 19.3. The zero-order valence-corrected chi connectivity index (χ0v) is 12.2. The van der Waals surface area contributed by atoms with E-state index in [9.17, 15) is 4.79 Å². The second-order valence-electron chi connectivity index (χ2n) is 4.76. The molecule has 94 valence electrons. The van der Waals surface area contributed by atoms with Crippen LogP contribution in [0.5, 0.6) is 0 Å². The van der Waals surface area contributed by atoms with Gasteiger partial charge in [0.15, 0.2) is 5.78 Å². The Morgan fingerprint density at radius 3 is 3.00 bits per heavy atom. The molecule has 0 aliphatic heterocycles. The van der Waals surface area contributed by atoms with E-state index >= 15 is 0 Å². The maximum Gasteiger partial charge on any atom is 0.182 e. The number of rotatable bonds is 2. The largest absolute Gasteiger partial charge is 0.293 e. The minimum atomic E-state index is 0.0681. The van der Waals surface area contributed by atoms with Crippen molar-refractivity contribution in [3.05, 3.63) is 37.5 Å². The summed E-state index contributed by atoms with van der Waals surface area (Å²) in [6, 6.07) is 2.13. The van der Waals surface area contributed by atoms with E-state index in [2.05, 4.69) is 16.4 Å². The van der Waals surface area contributed by atoms with E-state index in [0.29, 0.717) is 0 Å². The first kappa shape index (κ1) is 12.1. The number of hydrogen-bond acceptors (Lipinski definition) is 4. The molecule has 0 radical (unpaired) electrons. The maximum absolute atomic E-state index is 12.7. The lowest BCUT2D eigenvalue weighted by molar-refractivity contribution is 0.0954. The number of aryl methyl sites for hydroxylation is 3. The topological polar surface area (TPSA) is 30.0 Å². The van der Waals surface area contributed by atoms with E-state index in [1.807, 2.05) is 13.8 Å². The van der Waals surface area contributed by atoms with Gasteiger partial charge in [0.1, 0.15) is 0 Å². The fourth-order valence-electron chi connectivity index (χ4n) is 2.68. The Morgan fingerprint density at radius 1 is 1.44 bits per heavy atom. The number of thiophene rings is 1. The summed E-state index contributed by atoms with van der Waals surface area (Å²) in [5.74, 6) is 0.344. The molecule has 0 fully saturated rings. The normalized spacial score (nSPS) is 18.7. The number of carbonyl (C=O) groups is 1. The van der Waals surface area contributed by atoms with Gasteiger partial charge in [-0.25, -0.2) is 4.98 Å². The molecule has 0 saturated heterocycles. The van der Waals surface area contributed by atoms with E-state index in [-0.39, 0.29) is 11.7 Å². The van der Waals surface area contributed by atoms with Crippen LogP contribution in [0.4, 0.5) is 0 Å². The third-order valence-corrected chi connectivity index (χ3v) is 5.58. The Kier molecular flexibility index (Phi) is 3.08. The Balaban J connectivity index is 1.98. The van der Waals surface area contributed by atoms with Gasteiger partial charge in [0.05, 0.1) is 15.6 Å². The molecule has 1 unspecified atom stereocenters. The highest BCUT2D eigenvalue weighted by atomic mass is 32.1. The zero-order valence-electron chi connectivity index (χ0n) is 10.5. The summed E-state index contributed by atoms with van der Waals surface area (Å²) < 4.78 is 0. The van der Waals surface area contributed by atoms with Gasteiger partial charge in [0.2, 0.25) is 0 Å². The van der Waals surface area contributed by atoms with E-state index in [4.69, 9.17) is 0 Å². The average Bonchev–Trinajstić information content (AvgIpc) is 2.94. The Morgan fingerprint density at radius 2 is 2.28 bits per heavy atom.